The number of amides is 3. The standard InChI is InChI=1S/C19H22ClN5O4/c1-11-3-4-12(7-15(11)20)21-19(28)24-6-5-16-14(9-24)17-18(27)23(2)29-13(10-26)8-25(17)22-16/h3-4,7,13,26H,5-6,8-10H2,1-2H3,(H,21,28). The first kappa shape index (κ1) is 19.7. The summed E-state index contributed by atoms with van der Waals surface area (Å²) in [6.07, 6.45) is -0.0174. The quantitative estimate of drug-likeness (QED) is 0.773. The second-order valence-electron chi connectivity index (χ2n) is 7.23. The Hall–Kier alpha value is -2.62. The van der Waals surface area contributed by atoms with Crippen molar-refractivity contribution in [3.63, 3.8) is 0 Å². The Balaban J connectivity index is 1.57. The highest BCUT2D eigenvalue weighted by Gasteiger charge is 2.35. The summed E-state index contributed by atoms with van der Waals surface area (Å²) >= 11 is 6.14. The topological polar surface area (TPSA) is 99.9 Å². The highest BCUT2D eigenvalue weighted by molar-refractivity contribution is 6.31. The van der Waals surface area contributed by atoms with Gasteiger partial charge in [0.1, 0.15) is 11.8 Å². The average molecular weight is 420 g/mol. The number of nitrogens with one attached hydrogen (secondary N) is 1. The summed E-state index contributed by atoms with van der Waals surface area (Å²) in [6.45, 7) is 2.68. The molecule has 1 unspecified atom stereocenters. The van der Waals surface area contributed by atoms with E-state index in [1.165, 1.54) is 7.05 Å². The molecule has 154 valence electrons. The van der Waals surface area contributed by atoms with Gasteiger partial charge in [-0.25, -0.2) is 9.86 Å². The Bertz CT molecular complexity index is 976. The molecule has 1 aromatic carbocycles. The zero-order chi connectivity index (χ0) is 20.7. The first-order valence-corrected chi connectivity index (χ1v) is 9.71. The summed E-state index contributed by atoms with van der Waals surface area (Å²) in [5.74, 6) is -0.345. The largest absolute Gasteiger partial charge is 0.393 e. The Kier molecular flexibility index (Phi) is 5.20. The number of hydrogen-bond donors (Lipinski definition) is 2. The number of aromatic nitrogens is 2. The summed E-state index contributed by atoms with van der Waals surface area (Å²) in [4.78, 5) is 32.6. The van der Waals surface area contributed by atoms with Crippen molar-refractivity contribution in [2.45, 2.75) is 32.5 Å². The Morgan fingerprint density at radius 3 is 2.97 bits per heavy atom. The highest BCUT2D eigenvalue weighted by atomic mass is 35.5. The summed E-state index contributed by atoms with van der Waals surface area (Å²) < 4.78 is 1.58. The van der Waals surface area contributed by atoms with Gasteiger partial charge < -0.3 is 15.3 Å². The second-order valence-corrected chi connectivity index (χ2v) is 7.64. The first-order chi connectivity index (χ1) is 13.9. The molecule has 10 heteroatoms. The van der Waals surface area contributed by atoms with Gasteiger partial charge in [0.2, 0.25) is 0 Å². The van der Waals surface area contributed by atoms with Crippen LogP contribution in [0.2, 0.25) is 5.02 Å². The zero-order valence-corrected chi connectivity index (χ0v) is 16.9. The number of urea groups is 1. The van der Waals surface area contributed by atoms with Crippen LogP contribution >= 0.6 is 11.6 Å². The van der Waals surface area contributed by atoms with E-state index < -0.39 is 6.10 Å². The molecule has 0 aliphatic carbocycles. The third-order valence-corrected chi connectivity index (χ3v) is 5.59. The lowest BCUT2D eigenvalue weighted by Gasteiger charge is -2.27. The number of halogens is 1. The molecule has 0 radical (unpaired) electrons. The Morgan fingerprint density at radius 2 is 2.24 bits per heavy atom. The van der Waals surface area contributed by atoms with Crippen molar-refractivity contribution in [2.75, 3.05) is 25.5 Å². The summed E-state index contributed by atoms with van der Waals surface area (Å²) in [5, 5.41) is 18.6. The van der Waals surface area contributed by atoms with Crippen LogP contribution in [-0.2, 0) is 24.3 Å². The fourth-order valence-electron chi connectivity index (χ4n) is 3.58. The van der Waals surface area contributed by atoms with Gasteiger partial charge in [0.25, 0.3) is 5.91 Å². The van der Waals surface area contributed by atoms with Gasteiger partial charge in [-0.1, -0.05) is 17.7 Å². The molecule has 2 N–H and O–H groups in total. The maximum Gasteiger partial charge on any atom is 0.322 e. The number of hydrogen-bond acceptors (Lipinski definition) is 5. The molecule has 1 atom stereocenters. The number of anilines is 1. The monoisotopic (exact) mass is 419 g/mol. The van der Waals surface area contributed by atoms with E-state index >= 15 is 0 Å². The number of aliphatic hydroxyl groups is 1. The SMILES string of the molecule is Cc1ccc(NC(=O)N2CCc3nn4c(c3C2)C(=O)N(C)OC(CO)C4)cc1Cl. The number of carbonyl (C=O) groups excluding carboxylic acids is 2. The molecule has 0 saturated carbocycles. The molecule has 0 fully saturated rings. The lowest BCUT2D eigenvalue weighted by molar-refractivity contribution is -0.159. The summed E-state index contributed by atoms with van der Waals surface area (Å²) in [7, 11) is 1.51. The number of fused-ring (bicyclic) bond motifs is 3. The van der Waals surface area contributed by atoms with Crippen molar-refractivity contribution in [2.24, 2.45) is 0 Å². The normalized spacial score (nSPS) is 18.9. The van der Waals surface area contributed by atoms with Crippen LogP contribution in [0.3, 0.4) is 0 Å². The van der Waals surface area contributed by atoms with Crippen molar-refractivity contribution in [3.05, 3.63) is 45.7 Å². The van der Waals surface area contributed by atoms with E-state index in [2.05, 4.69) is 10.4 Å². The van der Waals surface area contributed by atoms with Crippen LogP contribution < -0.4 is 5.32 Å². The van der Waals surface area contributed by atoms with Crippen LogP contribution in [0, 0.1) is 6.92 Å². The molecular formula is C19H22ClN5O4. The van der Waals surface area contributed by atoms with Crippen molar-refractivity contribution in [1.29, 1.82) is 0 Å². The maximum atomic E-state index is 12.8. The van der Waals surface area contributed by atoms with E-state index in [9.17, 15) is 14.7 Å². The smallest absolute Gasteiger partial charge is 0.322 e. The molecule has 2 aromatic rings. The fourth-order valence-corrected chi connectivity index (χ4v) is 3.76. The van der Waals surface area contributed by atoms with Crippen molar-refractivity contribution >= 4 is 29.2 Å². The number of aliphatic hydroxyl groups excluding tert-OH is 1. The maximum absolute atomic E-state index is 12.8. The van der Waals surface area contributed by atoms with Crippen LogP contribution in [0.15, 0.2) is 18.2 Å². The number of rotatable bonds is 2. The van der Waals surface area contributed by atoms with Gasteiger partial charge in [0.05, 0.1) is 25.4 Å². The molecule has 3 heterocycles. The minimum atomic E-state index is -0.558. The highest BCUT2D eigenvalue weighted by Crippen LogP contribution is 2.27. The van der Waals surface area contributed by atoms with Crippen molar-refractivity contribution in [3.8, 4) is 0 Å². The van der Waals surface area contributed by atoms with Crippen molar-refractivity contribution in [1.82, 2.24) is 19.7 Å². The van der Waals surface area contributed by atoms with E-state index in [1.807, 2.05) is 13.0 Å². The average Bonchev–Trinajstić information content (AvgIpc) is 3.00. The number of aryl methyl sites for hydroxylation is 1. The van der Waals surface area contributed by atoms with E-state index in [4.69, 9.17) is 16.4 Å². The predicted molar refractivity (Wildman–Crippen MR) is 106 cm³/mol. The third kappa shape index (κ3) is 3.68. The number of hydroxylamine groups is 2. The van der Waals surface area contributed by atoms with E-state index in [0.29, 0.717) is 34.9 Å². The second kappa shape index (κ2) is 7.66. The van der Waals surface area contributed by atoms with Crippen molar-refractivity contribution < 1.29 is 19.5 Å². The van der Waals surface area contributed by atoms with Crippen LogP contribution in [0.25, 0.3) is 0 Å². The molecule has 4 rings (SSSR count). The summed E-state index contributed by atoms with van der Waals surface area (Å²) in [5.41, 5.74) is 3.45. The zero-order valence-electron chi connectivity index (χ0n) is 16.2. The van der Waals surface area contributed by atoms with E-state index in [0.717, 1.165) is 16.3 Å². The molecular weight excluding hydrogens is 398 g/mol. The molecule has 29 heavy (non-hydrogen) atoms. The van der Waals surface area contributed by atoms with Gasteiger partial charge in [-0.05, 0) is 24.6 Å². The van der Waals surface area contributed by atoms with Gasteiger partial charge in [0, 0.05) is 36.3 Å². The molecule has 0 saturated heterocycles. The lowest BCUT2D eigenvalue weighted by Crippen LogP contribution is -2.39. The van der Waals surface area contributed by atoms with Gasteiger partial charge in [-0.15, -0.1) is 0 Å². The molecule has 1 aromatic heterocycles. The molecule has 9 nitrogen and oxygen atoms in total. The third-order valence-electron chi connectivity index (χ3n) is 5.19. The van der Waals surface area contributed by atoms with E-state index in [-0.39, 0.29) is 31.6 Å². The predicted octanol–water partition coefficient (Wildman–Crippen LogP) is 1.81. The molecule has 2 aliphatic rings. The van der Waals surface area contributed by atoms with Crippen LogP contribution in [0.4, 0.5) is 10.5 Å². The van der Waals surface area contributed by atoms with Gasteiger partial charge in [-0.2, -0.15) is 5.10 Å². The number of benzene rings is 1. The molecule has 0 spiro atoms. The Morgan fingerprint density at radius 1 is 1.45 bits per heavy atom. The van der Waals surface area contributed by atoms with Crippen LogP contribution in [-0.4, -0.2) is 63.1 Å². The van der Waals surface area contributed by atoms with Gasteiger partial charge in [-0.3, -0.25) is 14.3 Å². The fraction of sp³-hybridized carbons (Fsp3) is 0.421. The minimum absolute atomic E-state index is 0.227. The first-order valence-electron chi connectivity index (χ1n) is 9.33. The van der Waals surface area contributed by atoms with Crippen LogP contribution in [0.1, 0.15) is 27.3 Å². The van der Waals surface area contributed by atoms with Gasteiger partial charge >= 0.3 is 6.03 Å². The number of carbonyl (C=O) groups is 2. The molecule has 0 bridgehead atoms. The Labute approximate surface area is 172 Å². The van der Waals surface area contributed by atoms with Crippen LogP contribution in [0.5, 0.6) is 0 Å². The molecule has 3 amide bonds. The van der Waals surface area contributed by atoms with E-state index in [1.54, 1.807) is 21.7 Å². The molecule has 2 aliphatic heterocycles. The minimum Gasteiger partial charge on any atom is -0.393 e. The lowest BCUT2D eigenvalue weighted by atomic mass is 10.1. The number of nitrogens with zero attached hydrogens (tertiary/aromatic N) is 4. The summed E-state index contributed by atoms with van der Waals surface area (Å²) in [6, 6.07) is 5.08. The van der Waals surface area contributed by atoms with Gasteiger partial charge in [0.15, 0.2) is 0 Å².